The van der Waals surface area contributed by atoms with E-state index in [1.807, 2.05) is 12.1 Å². The molecule has 128 valence electrons. The van der Waals surface area contributed by atoms with E-state index < -0.39 is 0 Å². The van der Waals surface area contributed by atoms with Crippen molar-refractivity contribution in [2.24, 2.45) is 5.92 Å². The Morgan fingerprint density at radius 2 is 2.25 bits per heavy atom. The lowest BCUT2D eigenvalue weighted by atomic mass is 10.0. The molecule has 0 aliphatic carbocycles. The van der Waals surface area contributed by atoms with Crippen LogP contribution in [0.25, 0.3) is 0 Å². The zero-order chi connectivity index (χ0) is 16.9. The maximum atomic E-state index is 11.8. The average molecular weight is 328 g/mol. The van der Waals surface area contributed by atoms with Gasteiger partial charge >= 0.3 is 0 Å². The number of methoxy groups -OCH3 is 1. The van der Waals surface area contributed by atoms with E-state index in [-0.39, 0.29) is 11.8 Å². The fourth-order valence-corrected chi connectivity index (χ4v) is 3.35. The van der Waals surface area contributed by atoms with Crippen LogP contribution in [0.2, 0.25) is 0 Å². The summed E-state index contributed by atoms with van der Waals surface area (Å²) in [6.45, 7) is 3.35. The van der Waals surface area contributed by atoms with Gasteiger partial charge in [0.1, 0.15) is 0 Å². The van der Waals surface area contributed by atoms with Crippen LogP contribution >= 0.6 is 0 Å². The van der Waals surface area contributed by atoms with Crippen LogP contribution in [0.15, 0.2) is 36.7 Å². The van der Waals surface area contributed by atoms with E-state index >= 15 is 0 Å². The highest BCUT2D eigenvalue weighted by Gasteiger charge is 2.24. The fraction of sp³-hybridized carbons (Fsp3) is 0.444. The molecule has 1 aliphatic heterocycles. The van der Waals surface area contributed by atoms with Gasteiger partial charge in [0, 0.05) is 63.3 Å². The Kier molecular flexibility index (Phi) is 5.15. The van der Waals surface area contributed by atoms with Crippen LogP contribution in [0, 0.1) is 5.92 Å². The molecule has 1 amide bonds. The number of ether oxygens (including phenoxy) is 1. The van der Waals surface area contributed by atoms with Gasteiger partial charge in [0.05, 0.1) is 7.11 Å². The number of amides is 1. The Bertz CT molecular complexity index is 698. The lowest BCUT2D eigenvalue weighted by molar-refractivity contribution is -0.121. The van der Waals surface area contributed by atoms with Crippen molar-refractivity contribution in [3.63, 3.8) is 0 Å². The van der Waals surface area contributed by atoms with Crippen molar-refractivity contribution in [1.29, 1.82) is 0 Å². The number of rotatable bonds is 5. The number of carbonyl (C=O) groups is 1. The van der Waals surface area contributed by atoms with Gasteiger partial charge in [-0.3, -0.25) is 9.69 Å². The molecular formula is C18H24N4O2. The minimum atomic E-state index is 0.0921. The Balaban J connectivity index is 1.80. The number of hydrogen-bond donors (Lipinski definition) is 1. The predicted molar refractivity (Wildman–Crippen MR) is 91.5 cm³/mol. The van der Waals surface area contributed by atoms with Crippen LogP contribution in [0.5, 0.6) is 5.88 Å². The van der Waals surface area contributed by atoms with Crippen molar-refractivity contribution in [2.75, 3.05) is 20.7 Å². The van der Waals surface area contributed by atoms with E-state index in [9.17, 15) is 4.79 Å². The summed E-state index contributed by atoms with van der Waals surface area (Å²) in [6, 6.07) is 8.19. The highest BCUT2D eigenvalue weighted by Crippen LogP contribution is 2.23. The molecule has 0 spiro atoms. The summed E-state index contributed by atoms with van der Waals surface area (Å²) in [4.78, 5) is 18.5. The third-order valence-electron chi connectivity index (χ3n) is 4.47. The topological polar surface area (TPSA) is 59.4 Å². The van der Waals surface area contributed by atoms with Gasteiger partial charge in [-0.1, -0.05) is 6.07 Å². The highest BCUT2D eigenvalue weighted by molar-refractivity contribution is 5.75. The number of aromatic nitrogens is 2. The molecule has 1 atom stereocenters. The predicted octanol–water partition coefficient (Wildman–Crippen LogP) is 1.66. The van der Waals surface area contributed by atoms with E-state index in [1.165, 1.54) is 5.69 Å². The molecule has 0 bridgehead atoms. The molecule has 24 heavy (non-hydrogen) atoms. The third kappa shape index (κ3) is 3.76. The van der Waals surface area contributed by atoms with E-state index in [1.54, 1.807) is 20.4 Å². The van der Waals surface area contributed by atoms with Crippen LogP contribution in [0.1, 0.15) is 17.7 Å². The lowest BCUT2D eigenvalue weighted by Gasteiger charge is -2.24. The molecule has 1 N–H and O–H groups in total. The molecule has 0 saturated heterocycles. The fourth-order valence-electron chi connectivity index (χ4n) is 3.35. The molecule has 2 aromatic rings. The van der Waals surface area contributed by atoms with Crippen molar-refractivity contribution in [2.45, 2.75) is 26.1 Å². The molecule has 1 aliphatic rings. The van der Waals surface area contributed by atoms with Crippen molar-refractivity contribution in [3.05, 3.63) is 47.9 Å². The number of fused-ring (bicyclic) bond motifs is 1. The summed E-state index contributed by atoms with van der Waals surface area (Å²) >= 11 is 0. The van der Waals surface area contributed by atoms with Crippen molar-refractivity contribution in [1.82, 2.24) is 19.8 Å². The van der Waals surface area contributed by atoms with E-state index in [2.05, 4.69) is 38.1 Å². The summed E-state index contributed by atoms with van der Waals surface area (Å²) in [5, 5.41) is 2.74. The second-order valence-corrected chi connectivity index (χ2v) is 6.24. The maximum Gasteiger partial charge on any atom is 0.220 e. The molecule has 6 heteroatoms. The first-order valence-electron chi connectivity index (χ1n) is 8.24. The van der Waals surface area contributed by atoms with Crippen molar-refractivity contribution < 1.29 is 9.53 Å². The van der Waals surface area contributed by atoms with Gasteiger partial charge in [-0.05, 0) is 24.1 Å². The minimum Gasteiger partial charge on any atom is -0.481 e. The molecule has 0 aromatic carbocycles. The molecule has 0 radical (unpaired) electrons. The first kappa shape index (κ1) is 16.5. The highest BCUT2D eigenvalue weighted by atomic mass is 16.5. The summed E-state index contributed by atoms with van der Waals surface area (Å²) in [7, 11) is 3.34. The SMILES string of the molecule is CNC(=O)CC1CN(Cc2cccnc2OC)Cc2cccn2C1. The van der Waals surface area contributed by atoms with Crippen LogP contribution in [0.3, 0.4) is 0 Å². The van der Waals surface area contributed by atoms with Crippen LogP contribution in [-0.2, 0) is 24.4 Å². The van der Waals surface area contributed by atoms with Gasteiger partial charge in [-0.25, -0.2) is 4.98 Å². The normalized spacial score (nSPS) is 17.8. The molecule has 0 saturated carbocycles. The number of nitrogens with one attached hydrogen (secondary N) is 1. The lowest BCUT2D eigenvalue weighted by Crippen LogP contribution is -2.31. The Hall–Kier alpha value is -2.34. The largest absolute Gasteiger partial charge is 0.481 e. The van der Waals surface area contributed by atoms with Gasteiger partial charge in [-0.15, -0.1) is 0 Å². The monoisotopic (exact) mass is 328 g/mol. The third-order valence-corrected chi connectivity index (χ3v) is 4.47. The number of nitrogens with zero attached hydrogens (tertiary/aromatic N) is 3. The molecule has 3 rings (SSSR count). The standard InChI is InChI=1S/C18H24N4O2/c1-19-17(23)9-14-10-21(13-16-6-4-8-22(16)11-14)12-15-5-3-7-20-18(15)24-2/h3-8,14H,9-13H2,1-2H3,(H,19,23). The Labute approximate surface area is 142 Å². The summed E-state index contributed by atoms with van der Waals surface area (Å²) in [6.07, 6.45) is 4.37. The molecular weight excluding hydrogens is 304 g/mol. The van der Waals surface area contributed by atoms with Gasteiger partial charge in [-0.2, -0.15) is 0 Å². The van der Waals surface area contributed by atoms with Gasteiger partial charge in [0.25, 0.3) is 0 Å². The van der Waals surface area contributed by atoms with E-state index in [0.29, 0.717) is 12.3 Å². The zero-order valence-electron chi connectivity index (χ0n) is 14.2. The Morgan fingerprint density at radius 1 is 1.38 bits per heavy atom. The number of carbonyl (C=O) groups excluding carboxylic acids is 1. The average Bonchev–Trinajstić information content (AvgIpc) is 2.95. The molecule has 6 nitrogen and oxygen atoms in total. The Morgan fingerprint density at radius 3 is 3.04 bits per heavy atom. The molecule has 1 unspecified atom stereocenters. The number of hydrogen-bond acceptors (Lipinski definition) is 4. The summed E-state index contributed by atoms with van der Waals surface area (Å²) in [5.74, 6) is 1.04. The maximum absolute atomic E-state index is 11.8. The van der Waals surface area contributed by atoms with Crippen molar-refractivity contribution in [3.8, 4) is 5.88 Å². The summed E-state index contributed by atoms with van der Waals surface area (Å²) in [5.41, 5.74) is 2.34. The van der Waals surface area contributed by atoms with E-state index in [4.69, 9.17) is 4.74 Å². The number of pyridine rings is 1. The summed E-state index contributed by atoms with van der Waals surface area (Å²) < 4.78 is 7.63. The molecule has 3 heterocycles. The van der Waals surface area contributed by atoms with Crippen LogP contribution in [-0.4, -0.2) is 41.1 Å². The molecule has 2 aromatic heterocycles. The van der Waals surface area contributed by atoms with Crippen molar-refractivity contribution >= 4 is 5.91 Å². The quantitative estimate of drug-likeness (QED) is 0.907. The van der Waals surface area contributed by atoms with E-state index in [0.717, 1.165) is 31.7 Å². The smallest absolute Gasteiger partial charge is 0.220 e. The second kappa shape index (κ2) is 7.49. The van der Waals surface area contributed by atoms with Gasteiger partial charge in [0.2, 0.25) is 11.8 Å². The van der Waals surface area contributed by atoms with Gasteiger partial charge < -0.3 is 14.6 Å². The zero-order valence-corrected chi connectivity index (χ0v) is 14.2. The van der Waals surface area contributed by atoms with Crippen LogP contribution < -0.4 is 10.1 Å². The molecule has 0 fully saturated rings. The van der Waals surface area contributed by atoms with Gasteiger partial charge in [0.15, 0.2) is 0 Å². The minimum absolute atomic E-state index is 0.0921. The second-order valence-electron chi connectivity index (χ2n) is 6.24. The first-order valence-corrected chi connectivity index (χ1v) is 8.24. The first-order chi connectivity index (χ1) is 11.7. The van der Waals surface area contributed by atoms with Crippen LogP contribution in [0.4, 0.5) is 0 Å².